The molecule has 1 rings (SSSR count). The van der Waals surface area contributed by atoms with Crippen molar-refractivity contribution >= 4 is 11.8 Å². The lowest BCUT2D eigenvalue weighted by molar-refractivity contribution is -0.151. The number of carbonyl (C=O) groups excluding carboxylic acids is 2. The number of carbonyl (C=O) groups is 2. The molecule has 0 aliphatic rings. The third-order valence-corrected chi connectivity index (χ3v) is 2.19. The summed E-state index contributed by atoms with van der Waals surface area (Å²) in [6, 6.07) is 5.03. The average Bonchev–Trinajstić information content (AvgIpc) is 2.36. The molecule has 0 aliphatic carbocycles. The van der Waals surface area contributed by atoms with Crippen LogP contribution in [0.5, 0.6) is 11.5 Å². The number of rotatable bonds is 5. The Balaban J connectivity index is 2.90. The molecular weight excluding hydrogens is 224 g/mol. The SMILES string of the molecule is COC(=O)C(=O)Cc1cc(OC)cc(OC)c1. The average molecular weight is 238 g/mol. The van der Waals surface area contributed by atoms with Gasteiger partial charge < -0.3 is 14.2 Å². The third kappa shape index (κ3) is 3.48. The minimum Gasteiger partial charge on any atom is -0.497 e. The Hall–Kier alpha value is -2.04. The molecule has 0 atom stereocenters. The standard InChI is InChI=1S/C12H14O5/c1-15-9-4-8(5-10(7-9)16-2)6-11(13)12(14)17-3/h4-5,7H,6H2,1-3H3. The van der Waals surface area contributed by atoms with Gasteiger partial charge in [0.05, 0.1) is 21.3 Å². The Bertz CT molecular complexity index is 403. The van der Waals surface area contributed by atoms with Crippen molar-refractivity contribution in [2.24, 2.45) is 0 Å². The lowest BCUT2D eigenvalue weighted by atomic mass is 10.1. The normalized spacial score (nSPS) is 9.59. The van der Waals surface area contributed by atoms with Gasteiger partial charge in [0.25, 0.3) is 0 Å². The topological polar surface area (TPSA) is 61.8 Å². The molecule has 0 spiro atoms. The Labute approximate surface area is 99.3 Å². The van der Waals surface area contributed by atoms with Gasteiger partial charge >= 0.3 is 5.97 Å². The maximum Gasteiger partial charge on any atom is 0.374 e. The van der Waals surface area contributed by atoms with E-state index in [-0.39, 0.29) is 6.42 Å². The van der Waals surface area contributed by atoms with Gasteiger partial charge in [0.2, 0.25) is 5.78 Å². The molecule has 0 N–H and O–H groups in total. The van der Waals surface area contributed by atoms with E-state index < -0.39 is 11.8 Å². The second-order valence-electron chi connectivity index (χ2n) is 3.31. The van der Waals surface area contributed by atoms with E-state index in [9.17, 15) is 9.59 Å². The number of esters is 1. The van der Waals surface area contributed by atoms with E-state index >= 15 is 0 Å². The minimum atomic E-state index is -0.855. The fourth-order valence-electron chi connectivity index (χ4n) is 1.34. The highest BCUT2D eigenvalue weighted by molar-refractivity contribution is 6.34. The molecule has 0 aliphatic heterocycles. The summed E-state index contributed by atoms with van der Waals surface area (Å²) in [5, 5.41) is 0. The Kier molecular flexibility index (Phi) is 4.51. The zero-order valence-electron chi connectivity index (χ0n) is 9.98. The Morgan fingerprint density at radius 3 is 1.94 bits per heavy atom. The number of ketones is 1. The van der Waals surface area contributed by atoms with Gasteiger partial charge in [0.15, 0.2) is 0 Å². The van der Waals surface area contributed by atoms with E-state index in [0.717, 1.165) is 0 Å². The molecule has 0 radical (unpaired) electrons. The molecule has 0 amide bonds. The van der Waals surface area contributed by atoms with Crippen LogP contribution in [-0.4, -0.2) is 33.1 Å². The van der Waals surface area contributed by atoms with Crippen LogP contribution in [0.25, 0.3) is 0 Å². The fraction of sp³-hybridized carbons (Fsp3) is 0.333. The van der Waals surface area contributed by atoms with Crippen molar-refractivity contribution in [1.82, 2.24) is 0 Å². The van der Waals surface area contributed by atoms with Crippen LogP contribution in [0.4, 0.5) is 0 Å². The molecule has 92 valence electrons. The van der Waals surface area contributed by atoms with Crippen molar-refractivity contribution in [3.63, 3.8) is 0 Å². The predicted octanol–water partition coefficient (Wildman–Crippen LogP) is 0.988. The maximum atomic E-state index is 11.4. The van der Waals surface area contributed by atoms with E-state index in [0.29, 0.717) is 17.1 Å². The first kappa shape index (κ1) is 13.0. The van der Waals surface area contributed by atoms with Crippen LogP contribution in [0, 0.1) is 0 Å². The van der Waals surface area contributed by atoms with Gasteiger partial charge in [-0.2, -0.15) is 0 Å². The van der Waals surface area contributed by atoms with Gasteiger partial charge in [-0.15, -0.1) is 0 Å². The highest BCUT2D eigenvalue weighted by atomic mass is 16.5. The van der Waals surface area contributed by atoms with Gasteiger partial charge in [-0.25, -0.2) is 4.79 Å². The molecule has 0 unspecified atom stereocenters. The second-order valence-corrected chi connectivity index (χ2v) is 3.31. The van der Waals surface area contributed by atoms with E-state index in [1.807, 2.05) is 0 Å². The molecule has 0 saturated carbocycles. The van der Waals surface area contributed by atoms with Crippen LogP contribution in [0.15, 0.2) is 18.2 Å². The molecule has 0 aromatic heterocycles. The number of ether oxygens (including phenoxy) is 3. The summed E-state index contributed by atoms with van der Waals surface area (Å²) in [4.78, 5) is 22.4. The van der Waals surface area contributed by atoms with Crippen LogP contribution in [0.2, 0.25) is 0 Å². The molecular formula is C12H14O5. The quantitative estimate of drug-likeness (QED) is 0.565. The largest absolute Gasteiger partial charge is 0.497 e. The van der Waals surface area contributed by atoms with Crippen LogP contribution >= 0.6 is 0 Å². The van der Waals surface area contributed by atoms with Crippen molar-refractivity contribution in [3.05, 3.63) is 23.8 Å². The monoisotopic (exact) mass is 238 g/mol. The van der Waals surface area contributed by atoms with Gasteiger partial charge in [0, 0.05) is 12.5 Å². The summed E-state index contributed by atoms with van der Waals surface area (Å²) in [6.45, 7) is 0. The second kappa shape index (κ2) is 5.89. The van der Waals surface area contributed by atoms with E-state index in [2.05, 4.69) is 4.74 Å². The number of methoxy groups -OCH3 is 3. The van der Waals surface area contributed by atoms with E-state index in [1.54, 1.807) is 18.2 Å². The summed E-state index contributed by atoms with van der Waals surface area (Å²) < 4.78 is 14.5. The number of Topliss-reactive ketones (excluding diaryl/α,β-unsaturated/α-hetero) is 1. The molecule has 17 heavy (non-hydrogen) atoms. The van der Waals surface area contributed by atoms with E-state index in [1.165, 1.54) is 21.3 Å². The van der Waals surface area contributed by atoms with Crippen LogP contribution < -0.4 is 9.47 Å². The first-order valence-corrected chi connectivity index (χ1v) is 4.93. The zero-order chi connectivity index (χ0) is 12.8. The number of hydrogen-bond acceptors (Lipinski definition) is 5. The van der Waals surface area contributed by atoms with Crippen LogP contribution in [-0.2, 0) is 20.7 Å². The van der Waals surface area contributed by atoms with Crippen molar-refractivity contribution < 1.29 is 23.8 Å². The molecule has 0 heterocycles. The zero-order valence-corrected chi connectivity index (χ0v) is 9.98. The highest BCUT2D eigenvalue weighted by Crippen LogP contribution is 2.22. The summed E-state index contributed by atoms with van der Waals surface area (Å²) in [7, 11) is 4.20. The van der Waals surface area contributed by atoms with Gasteiger partial charge in [-0.05, 0) is 17.7 Å². The maximum absolute atomic E-state index is 11.4. The van der Waals surface area contributed by atoms with Crippen molar-refractivity contribution in [2.75, 3.05) is 21.3 Å². The lowest BCUT2D eigenvalue weighted by Gasteiger charge is -2.07. The van der Waals surface area contributed by atoms with Crippen LogP contribution in [0.1, 0.15) is 5.56 Å². The molecule has 1 aromatic carbocycles. The molecule has 5 nitrogen and oxygen atoms in total. The molecule has 0 saturated heterocycles. The van der Waals surface area contributed by atoms with Crippen molar-refractivity contribution in [2.45, 2.75) is 6.42 Å². The fourth-order valence-corrected chi connectivity index (χ4v) is 1.34. The molecule has 0 fully saturated rings. The first-order valence-electron chi connectivity index (χ1n) is 4.93. The highest BCUT2D eigenvalue weighted by Gasteiger charge is 2.15. The summed E-state index contributed by atoms with van der Waals surface area (Å²) in [5.41, 5.74) is 0.636. The van der Waals surface area contributed by atoms with E-state index in [4.69, 9.17) is 9.47 Å². The molecule has 1 aromatic rings. The van der Waals surface area contributed by atoms with Crippen molar-refractivity contribution in [1.29, 1.82) is 0 Å². The van der Waals surface area contributed by atoms with Gasteiger partial charge in [0.1, 0.15) is 11.5 Å². The summed E-state index contributed by atoms with van der Waals surface area (Å²) in [5.74, 6) is -0.330. The summed E-state index contributed by atoms with van der Waals surface area (Å²) >= 11 is 0. The molecule has 5 heteroatoms. The van der Waals surface area contributed by atoms with Gasteiger partial charge in [-0.3, -0.25) is 4.79 Å². The number of benzene rings is 1. The number of hydrogen-bond donors (Lipinski definition) is 0. The molecule has 0 bridgehead atoms. The Morgan fingerprint density at radius 2 is 1.53 bits per heavy atom. The lowest BCUT2D eigenvalue weighted by Crippen LogP contribution is -2.17. The van der Waals surface area contributed by atoms with Crippen LogP contribution in [0.3, 0.4) is 0 Å². The predicted molar refractivity (Wildman–Crippen MR) is 60.3 cm³/mol. The smallest absolute Gasteiger partial charge is 0.374 e. The Morgan fingerprint density at radius 1 is 1.00 bits per heavy atom. The third-order valence-electron chi connectivity index (χ3n) is 2.19. The first-order chi connectivity index (χ1) is 8.10. The summed E-state index contributed by atoms with van der Waals surface area (Å²) in [6.07, 6.45) is -0.0414. The van der Waals surface area contributed by atoms with Crippen molar-refractivity contribution in [3.8, 4) is 11.5 Å². The minimum absolute atomic E-state index is 0.0414. The van der Waals surface area contributed by atoms with Gasteiger partial charge in [-0.1, -0.05) is 0 Å².